The molecule has 1 aromatic carbocycles. The van der Waals surface area contributed by atoms with Gasteiger partial charge in [0, 0.05) is 0 Å². The van der Waals surface area contributed by atoms with Crippen LogP contribution in [0, 0.1) is 6.92 Å². The van der Waals surface area contributed by atoms with E-state index in [0.29, 0.717) is 0 Å². The Morgan fingerprint density at radius 1 is 0.535 bits per heavy atom. The first kappa shape index (κ1) is 33.7. The van der Waals surface area contributed by atoms with Gasteiger partial charge in [-0.3, -0.25) is 0 Å². The molecule has 0 spiro atoms. The predicted octanol–water partition coefficient (Wildman–Crippen LogP) is 14.2. The number of hydrogen-bond acceptors (Lipinski definition) is 4. The van der Waals surface area contributed by atoms with Gasteiger partial charge in [0.2, 0.25) is 0 Å². The van der Waals surface area contributed by atoms with Gasteiger partial charge in [-0.2, -0.15) is 0 Å². The molecule has 0 aliphatic heterocycles. The van der Waals surface area contributed by atoms with Crippen molar-refractivity contribution in [2.75, 3.05) is 0 Å². The van der Waals surface area contributed by atoms with Crippen LogP contribution in [0.4, 0.5) is 0 Å². The van der Waals surface area contributed by atoms with Crippen LogP contribution in [0.1, 0.15) is 106 Å². The number of hydrogen-bond donors (Lipinski definition) is 0. The second-order valence-electron chi connectivity index (χ2n) is 13.5. The number of benzene rings is 1. The molecule has 0 bridgehead atoms. The molecule has 232 valence electrons. The van der Waals surface area contributed by atoms with Crippen molar-refractivity contribution in [3.63, 3.8) is 0 Å². The first-order valence-electron chi connectivity index (χ1n) is 17.0. The van der Waals surface area contributed by atoms with E-state index in [-0.39, 0.29) is 0 Å². The van der Waals surface area contributed by atoms with Gasteiger partial charge in [-0.25, -0.2) is 0 Å². The molecule has 0 saturated carbocycles. The average molecular weight is 756 g/mol. The van der Waals surface area contributed by atoms with Crippen molar-refractivity contribution < 1.29 is 0 Å². The van der Waals surface area contributed by atoms with E-state index in [9.17, 15) is 0 Å². The van der Waals surface area contributed by atoms with E-state index in [1.807, 2.05) is 11.3 Å². The summed E-state index contributed by atoms with van der Waals surface area (Å²) in [6.45, 7) is 6.91. The van der Waals surface area contributed by atoms with E-state index >= 15 is 0 Å². The standard InChI is InChI=1S/C35H43S4.3CH3.Sn/c1-4-6-8-10-12-14-16-26-18-20-30(38-26)32-28-22-23-36-34(28)33(29-24-25(3)37-35(29)32)31-21-19-27(39-31)17-15-13-11-9-7-5-2;;;;/h18-22,24H,4-17H2,1-3H3;3*1H3;. The van der Waals surface area contributed by atoms with E-state index in [0.717, 1.165) is 0 Å². The summed E-state index contributed by atoms with van der Waals surface area (Å²) in [7, 11) is 0. The fourth-order valence-corrected chi connectivity index (χ4v) is 16.1. The first-order valence-corrected chi connectivity index (χ1v) is 30.2. The van der Waals surface area contributed by atoms with Gasteiger partial charge in [0.05, 0.1) is 0 Å². The van der Waals surface area contributed by atoms with Crippen molar-refractivity contribution in [2.24, 2.45) is 0 Å². The molecule has 4 heterocycles. The summed E-state index contributed by atoms with van der Waals surface area (Å²) in [5.74, 6) is 0. The Morgan fingerprint density at radius 3 is 1.51 bits per heavy atom. The molecule has 5 heteroatoms. The number of rotatable bonds is 17. The predicted molar refractivity (Wildman–Crippen MR) is 206 cm³/mol. The minimum absolute atomic E-state index is 1.23. The Morgan fingerprint density at radius 2 is 1.00 bits per heavy atom. The van der Waals surface area contributed by atoms with Crippen LogP contribution < -0.4 is 2.89 Å². The second-order valence-corrected chi connectivity index (χ2v) is 33.6. The number of unbranched alkanes of at least 4 members (excludes halogenated alkanes) is 10. The van der Waals surface area contributed by atoms with Crippen molar-refractivity contribution in [1.82, 2.24) is 0 Å². The molecule has 0 radical (unpaired) electrons. The van der Waals surface area contributed by atoms with E-state index in [1.54, 1.807) is 17.3 Å². The molecular weight excluding hydrogens is 703 g/mol. The summed E-state index contributed by atoms with van der Waals surface area (Å²) in [5.41, 5.74) is 3.04. The molecule has 0 nitrogen and oxygen atoms in total. The number of fused-ring (bicyclic) bond motifs is 2. The van der Waals surface area contributed by atoms with Crippen molar-refractivity contribution in [2.45, 2.75) is 125 Å². The van der Waals surface area contributed by atoms with Gasteiger partial charge < -0.3 is 0 Å². The fourth-order valence-electron chi connectivity index (χ4n) is 6.20. The summed E-state index contributed by atoms with van der Waals surface area (Å²) >= 11 is 6.01. The van der Waals surface area contributed by atoms with Crippen LogP contribution in [0.2, 0.25) is 14.8 Å². The van der Waals surface area contributed by atoms with Crippen molar-refractivity contribution >= 4 is 86.8 Å². The molecule has 0 fully saturated rings. The Bertz CT molecular complexity index is 1490. The third-order valence-corrected chi connectivity index (χ3v) is 22.7. The van der Waals surface area contributed by atoms with Gasteiger partial charge in [0.15, 0.2) is 0 Å². The summed E-state index contributed by atoms with van der Waals surface area (Å²) < 4.78 is 4.75. The molecule has 5 aromatic rings. The third kappa shape index (κ3) is 8.39. The van der Waals surface area contributed by atoms with Gasteiger partial charge in [0.1, 0.15) is 0 Å². The van der Waals surface area contributed by atoms with Gasteiger partial charge in [-0.15, -0.1) is 0 Å². The van der Waals surface area contributed by atoms with Crippen molar-refractivity contribution in [3.05, 3.63) is 51.0 Å². The van der Waals surface area contributed by atoms with Gasteiger partial charge in [-0.1, -0.05) is 39.5 Å². The maximum atomic E-state index is 2.64. The van der Waals surface area contributed by atoms with Gasteiger partial charge in [-0.05, 0) is 0 Å². The summed E-state index contributed by atoms with van der Waals surface area (Å²) in [4.78, 5) is 15.3. The van der Waals surface area contributed by atoms with Crippen LogP contribution in [0.25, 0.3) is 41.1 Å². The maximum absolute atomic E-state index is 2.64. The Labute approximate surface area is 281 Å². The molecule has 0 atom stereocenters. The van der Waals surface area contributed by atoms with E-state index in [4.69, 9.17) is 0 Å². The molecule has 0 saturated heterocycles. The molecule has 0 aliphatic rings. The Hall–Kier alpha value is -0.661. The molecule has 0 unspecified atom stereocenters. The molecule has 0 N–H and O–H groups in total. The van der Waals surface area contributed by atoms with Crippen LogP contribution in [0.5, 0.6) is 0 Å². The average Bonchev–Trinajstić information content (AvgIpc) is 3.77. The summed E-state index contributed by atoms with van der Waals surface area (Å²) in [6, 6.07) is 14.9. The molecule has 0 amide bonds. The topological polar surface area (TPSA) is 0 Å². The molecular formula is C38H52S4Sn. The first-order chi connectivity index (χ1) is 20.8. The third-order valence-electron chi connectivity index (χ3n) is 8.69. The molecule has 0 aliphatic carbocycles. The monoisotopic (exact) mass is 756 g/mol. The molecule has 4 aromatic heterocycles. The van der Waals surface area contributed by atoms with Gasteiger partial charge in [0.25, 0.3) is 0 Å². The van der Waals surface area contributed by atoms with E-state index < -0.39 is 18.4 Å². The Balaban J connectivity index is 1.50. The SMILES string of the molecule is CCCCCCCCc1ccc(-c2c3c[c]([Sn]([CH3])([CH3])[CH3])sc3c(-c3ccc(CCCCCCCC)s3)c3cc(C)sc23)s1. The number of aryl methyl sites for hydroxylation is 3. The van der Waals surface area contributed by atoms with Crippen molar-refractivity contribution in [1.29, 1.82) is 0 Å². The minimum atomic E-state index is -2.27. The second kappa shape index (κ2) is 15.8. The Kier molecular flexibility index (Phi) is 12.3. The zero-order valence-electron chi connectivity index (χ0n) is 27.5. The summed E-state index contributed by atoms with van der Waals surface area (Å²) in [6.07, 6.45) is 18.9. The van der Waals surface area contributed by atoms with Crippen molar-refractivity contribution in [3.8, 4) is 20.9 Å². The van der Waals surface area contributed by atoms with Crippen LogP contribution >= 0.6 is 45.3 Å². The normalized spacial score (nSPS) is 12.3. The van der Waals surface area contributed by atoms with Gasteiger partial charge >= 0.3 is 245 Å². The molecule has 5 rings (SSSR count). The van der Waals surface area contributed by atoms with E-state index in [2.05, 4.69) is 106 Å². The fraction of sp³-hybridized carbons (Fsp3) is 0.526. The molecule has 43 heavy (non-hydrogen) atoms. The quantitative estimate of drug-likeness (QED) is 0.0655. The number of thiophene rings is 4. The van der Waals surface area contributed by atoms with Crippen LogP contribution in [-0.2, 0) is 12.8 Å². The summed E-state index contributed by atoms with van der Waals surface area (Å²) in [5, 5.41) is 3.01. The van der Waals surface area contributed by atoms with Crippen LogP contribution in [0.3, 0.4) is 0 Å². The zero-order chi connectivity index (χ0) is 30.4. The zero-order valence-corrected chi connectivity index (χ0v) is 33.6. The van der Waals surface area contributed by atoms with Crippen LogP contribution in [-0.4, -0.2) is 18.4 Å². The van der Waals surface area contributed by atoms with Crippen LogP contribution in [0.15, 0.2) is 36.4 Å². The van der Waals surface area contributed by atoms with E-state index in [1.165, 1.54) is 131 Å².